The molecular formula is C16H19NO2S. The first kappa shape index (κ1) is 16.2. The minimum atomic E-state index is -3.63. The standard InChI is InChI=1S/C16H19NO2S/c1-5-8-13-17(15(6-2)7-3)20(18,19)16-11-9-14(4)10-12-16/h6-7,9-12,15H,2-3,13H2,1,4H3. The molecule has 0 aliphatic heterocycles. The summed E-state index contributed by atoms with van der Waals surface area (Å²) in [6.45, 7) is 11.0. The number of benzene rings is 1. The zero-order chi connectivity index (χ0) is 15.2. The number of hydrogen-bond donors (Lipinski definition) is 0. The van der Waals surface area contributed by atoms with Crippen LogP contribution in [0.5, 0.6) is 0 Å². The Morgan fingerprint density at radius 2 is 1.80 bits per heavy atom. The lowest BCUT2D eigenvalue weighted by Gasteiger charge is -2.24. The van der Waals surface area contributed by atoms with Crippen molar-refractivity contribution >= 4 is 10.0 Å². The average molecular weight is 289 g/mol. The van der Waals surface area contributed by atoms with Crippen molar-refractivity contribution in [1.29, 1.82) is 0 Å². The first-order valence-corrected chi connectivity index (χ1v) is 7.64. The summed E-state index contributed by atoms with van der Waals surface area (Å²) in [5.41, 5.74) is 1.01. The second kappa shape index (κ2) is 7.09. The van der Waals surface area contributed by atoms with Crippen LogP contribution in [-0.4, -0.2) is 25.3 Å². The van der Waals surface area contributed by atoms with E-state index in [1.165, 1.54) is 16.5 Å². The van der Waals surface area contributed by atoms with E-state index in [1.807, 2.05) is 6.92 Å². The summed E-state index contributed by atoms with van der Waals surface area (Å²) < 4.78 is 26.6. The molecule has 0 bridgehead atoms. The van der Waals surface area contributed by atoms with Crippen LogP contribution in [0.25, 0.3) is 0 Å². The summed E-state index contributed by atoms with van der Waals surface area (Å²) in [6.07, 6.45) is 3.08. The molecule has 0 aliphatic carbocycles. The van der Waals surface area contributed by atoms with Crippen LogP contribution in [-0.2, 0) is 10.0 Å². The van der Waals surface area contributed by atoms with Crippen molar-refractivity contribution in [3.8, 4) is 11.8 Å². The number of hydrogen-bond acceptors (Lipinski definition) is 2. The molecule has 0 spiro atoms. The Morgan fingerprint density at radius 3 is 2.25 bits per heavy atom. The summed E-state index contributed by atoms with van der Waals surface area (Å²) in [7, 11) is -3.63. The SMILES string of the molecule is C=CC(C=C)N(CC#CC)S(=O)(=O)c1ccc(C)cc1. The topological polar surface area (TPSA) is 37.4 Å². The predicted molar refractivity (Wildman–Crippen MR) is 82.7 cm³/mol. The Bertz CT molecular complexity index is 625. The molecule has 0 heterocycles. The van der Waals surface area contributed by atoms with Gasteiger partial charge in [0.25, 0.3) is 0 Å². The third-order valence-corrected chi connectivity index (χ3v) is 4.71. The number of rotatable bonds is 6. The van der Waals surface area contributed by atoms with E-state index in [2.05, 4.69) is 25.0 Å². The lowest BCUT2D eigenvalue weighted by Crippen LogP contribution is -2.38. The van der Waals surface area contributed by atoms with Crippen LogP contribution in [0.4, 0.5) is 0 Å². The maximum Gasteiger partial charge on any atom is 0.244 e. The van der Waals surface area contributed by atoms with Gasteiger partial charge in [-0.1, -0.05) is 35.8 Å². The van der Waals surface area contributed by atoms with Gasteiger partial charge in [-0.3, -0.25) is 0 Å². The fraction of sp³-hybridized carbons (Fsp3) is 0.250. The Labute approximate surface area is 121 Å². The second-order valence-electron chi connectivity index (χ2n) is 4.25. The van der Waals surface area contributed by atoms with Crippen molar-refractivity contribution in [3.63, 3.8) is 0 Å². The van der Waals surface area contributed by atoms with Gasteiger partial charge in [0.15, 0.2) is 0 Å². The zero-order valence-electron chi connectivity index (χ0n) is 11.8. The van der Waals surface area contributed by atoms with E-state index in [0.29, 0.717) is 0 Å². The highest BCUT2D eigenvalue weighted by Crippen LogP contribution is 2.19. The summed E-state index contributed by atoms with van der Waals surface area (Å²) in [5, 5.41) is 0. The molecule has 0 amide bonds. The highest BCUT2D eigenvalue weighted by molar-refractivity contribution is 7.89. The van der Waals surface area contributed by atoms with E-state index in [9.17, 15) is 8.42 Å². The smallest absolute Gasteiger partial charge is 0.207 e. The first-order valence-electron chi connectivity index (χ1n) is 6.20. The number of sulfonamides is 1. The molecule has 0 saturated heterocycles. The fourth-order valence-electron chi connectivity index (χ4n) is 1.68. The van der Waals surface area contributed by atoms with Crippen molar-refractivity contribution in [2.24, 2.45) is 0 Å². The normalized spacial score (nSPS) is 11.0. The molecule has 0 N–H and O–H groups in total. The molecule has 0 radical (unpaired) electrons. The van der Waals surface area contributed by atoms with Gasteiger partial charge in [-0.05, 0) is 26.0 Å². The van der Waals surface area contributed by atoms with Crippen LogP contribution < -0.4 is 0 Å². The highest BCUT2D eigenvalue weighted by Gasteiger charge is 2.27. The molecule has 106 valence electrons. The van der Waals surface area contributed by atoms with Gasteiger partial charge in [-0.15, -0.1) is 19.1 Å². The van der Waals surface area contributed by atoms with Crippen LogP contribution >= 0.6 is 0 Å². The van der Waals surface area contributed by atoms with Crippen LogP contribution in [0.3, 0.4) is 0 Å². The van der Waals surface area contributed by atoms with Gasteiger partial charge in [0.2, 0.25) is 10.0 Å². The van der Waals surface area contributed by atoms with Gasteiger partial charge < -0.3 is 0 Å². The van der Waals surface area contributed by atoms with E-state index in [-0.39, 0.29) is 11.4 Å². The quantitative estimate of drug-likeness (QED) is 0.596. The van der Waals surface area contributed by atoms with Gasteiger partial charge in [-0.25, -0.2) is 8.42 Å². The van der Waals surface area contributed by atoms with Crippen LogP contribution in [0.15, 0.2) is 54.5 Å². The lowest BCUT2D eigenvalue weighted by molar-refractivity contribution is 0.435. The number of aryl methyl sites for hydroxylation is 1. The van der Waals surface area contributed by atoms with Crippen molar-refractivity contribution in [3.05, 3.63) is 55.1 Å². The molecule has 1 aromatic carbocycles. The molecule has 0 atom stereocenters. The largest absolute Gasteiger partial charge is 0.244 e. The molecule has 0 fully saturated rings. The third kappa shape index (κ3) is 3.60. The van der Waals surface area contributed by atoms with E-state index in [0.717, 1.165) is 5.56 Å². The van der Waals surface area contributed by atoms with Crippen LogP contribution in [0, 0.1) is 18.8 Å². The van der Waals surface area contributed by atoms with Gasteiger partial charge in [-0.2, -0.15) is 4.31 Å². The molecule has 0 saturated carbocycles. The minimum absolute atomic E-state index is 0.107. The lowest BCUT2D eigenvalue weighted by atomic mass is 10.2. The van der Waals surface area contributed by atoms with Crippen molar-refractivity contribution < 1.29 is 8.42 Å². The Morgan fingerprint density at radius 1 is 1.25 bits per heavy atom. The molecule has 1 rings (SSSR count). The molecule has 1 aromatic rings. The predicted octanol–water partition coefficient (Wildman–Crippen LogP) is 2.75. The van der Waals surface area contributed by atoms with E-state index in [4.69, 9.17) is 0 Å². The Balaban J connectivity index is 3.28. The average Bonchev–Trinajstić information content (AvgIpc) is 2.43. The Kier molecular flexibility index (Phi) is 5.75. The van der Waals surface area contributed by atoms with Crippen molar-refractivity contribution in [2.75, 3.05) is 6.54 Å². The summed E-state index contributed by atoms with van der Waals surface area (Å²) in [4.78, 5) is 0.245. The minimum Gasteiger partial charge on any atom is -0.207 e. The second-order valence-corrected chi connectivity index (χ2v) is 6.14. The van der Waals surface area contributed by atoms with Gasteiger partial charge in [0, 0.05) is 0 Å². The molecule has 4 heteroatoms. The molecule has 20 heavy (non-hydrogen) atoms. The third-order valence-electron chi connectivity index (χ3n) is 2.85. The van der Waals surface area contributed by atoms with Crippen LogP contribution in [0.2, 0.25) is 0 Å². The fourth-order valence-corrected chi connectivity index (χ4v) is 3.16. The first-order chi connectivity index (χ1) is 9.47. The molecule has 3 nitrogen and oxygen atoms in total. The summed E-state index contributed by atoms with van der Waals surface area (Å²) in [6, 6.07) is 6.25. The highest BCUT2D eigenvalue weighted by atomic mass is 32.2. The van der Waals surface area contributed by atoms with Gasteiger partial charge in [0.1, 0.15) is 0 Å². The van der Waals surface area contributed by atoms with Crippen LogP contribution in [0.1, 0.15) is 12.5 Å². The van der Waals surface area contributed by atoms with E-state index >= 15 is 0 Å². The van der Waals surface area contributed by atoms with Gasteiger partial charge in [0.05, 0.1) is 17.5 Å². The van der Waals surface area contributed by atoms with E-state index < -0.39 is 16.1 Å². The molecular weight excluding hydrogens is 270 g/mol. The van der Waals surface area contributed by atoms with Gasteiger partial charge >= 0.3 is 0 Å². The van der Waals surface area contributed by atoms with Crippen molar-refractivity contribution in [2.45, 2.75) is 24.8 Å². The van der Waals surface area contributed by atoms with Crippen molar-refractivity contribution in [1.82, 2.24) is 4.31 Å². The Hall–Kier alpha value is -1.83. The maximum absolute atomic E-state index is 12.7. The summed E-state index contributed by atoms with van der Waals surface area (Å²) >= 11 is 0. The van der Waals surface area contributed by atoms with E-state index in [1.54, 1.807) is 31.2 Å². The summed E-state index contributed by atoms with van der Waals surface area (Å²) in [5.74, 6) is 5.50. The maximum atomic E-state index is 12.7. The monoisotopic (exact) mass is 289 g/mol. The molecule has 0 unspecified atom stereocenters. The molecule has 0 aliphatic rings. The molecule has 0 aromatic heterocycles. The zero-order valence-corrected chi connectivity index (χ0v) is 12.7. The number of nitrogens with zero attached hydrogens (tertiary/aromatic N) is 1.